The Balaban J connectivity index is 2.91. The summed E-state index contributed by atoms with van der Waals surface area (Å²) in [5.41, 5.74) is 0.132. The lowest BCUT2D eigenvalue weighted by molar-refractivity contribution is 0.469. The number of rotatable bonds is 3. The standard InChI is InChI=1S/C8H15N3S2/c1-5-8(2,3)11(4)6-9-10-7(12)13-6/h5H2,1-4H3,(H,10,12). The molecule has 0 fully saturated rings. The van der Waals surface area contributed by atoms with Crippen LogP contribution in [0.3, 0.4) is 0 Å². The highest BCUT2D eigenvalue weighted by Gasteiger charge is 2.23. The summed E-state index contributed by atoms with van der Waals surface area (Å²) in [6.07, 6.45) is 1.08. The molecule has 0 unspecified atom stereocenters. The van der Waals surface area contributed by atoms with Crippen LogP contribution in [-0.2, 0) is 0 Å². The van der Waals surface area contributed by atoms with Crippen LogP contribution in [-0.4, -0.2) is 22.8 Å². The quantitative estimate of drug-likeness (QED) is 0.790. The summed E-state index contributed by atoms with van der Waals surface area (Å²) in [7, 11) is 2.05. The van der Waals surface area contributed by atoms with Crippen molar-refractivity contribution in [2.24, 2.45) is 0 Å². The van der Waals surface area contributed by atoms with E-state index in [1.807, 2.05) is 7.05 Å². The maximum absolute atomic E-state index is 4.99. The van der Waals surface area contributed by atoms with Crippen LogP contribution in [0.15, 0.2) is 0 Å². The molecule has 0 spiro atoms. The van der Waals surface area contributed by atoms with Gasteiger partial charge in [0.15, 0.2) is 3.95 Å². The zero-order chi connectivity index (χ0) is 10.1. The first kappa shape index (κ1) is 10.7. The number of aromatic amines is 1. The van der Waals surface area contributed by atoms with Gasteiger partial charge >= 0.3 is 0 Å². The monoisotopic (exact) mass is 217 g/mol. The Morgan fingerprint density at radius 1 is 1.62 bits per heavy atom. The Hall–Kier alpha value is -0.420. The first-order chi connectivity index (χ1) is 5.97. The molecule has 0 aromatic carbocycles. The van der Waals surface area contributed by atoms with Crippen molar-refractivity contribution < 1.29 is 0 Å². The van der Waals surface area contributed by atoms with Gasteiger partial charge in [0.2, 0.25) is 5.13 Å². The molecular formula is C8H15N3S2. The van der Waals surface area contributed by atoms with E-state index < -0.39 is 0 Å². The van der Waals surface area contributed by atoms with Gasteiger partial charge in [0.05, 0.1) is 0 Å². The minimum Gasteiger partial charge on any atom is -0.345 e. The summed E-state index contributed by atoms with van der Waals surface area (Å²) in [4.78, 5) is 2.16. The van der Waals surface area contributed by atoms with Gasteiger partial charge in [-0.15, -0.1) is 5.10 Å². The van der Waals surface area contributed by atoms with Gasteiger partial charge < -0.3 is 4.90 Å². The highest BCUT2D eigenvalue weighted by atomic mass is 32.1. The second kappa shape index (κ2) is 3.75. The summed E-state index contributed by atoms with van der Waals surface area (Å²) in [5.74, 6) is 0. The van der Waals surface area contributed by atoms with Crippen LogP contribution < -0.4 is 4.90 Å². The van der Waals surface area contributed by atoms with E-state index in [4.69, 9.17) is 12.2 Å². The molecule has 0 bridgehead atoms. The Morgan fingerprint density at radius 2 is 2.23 bits per heavy atom. The fraction of sp³-hybridized carbons (Fsp3) is 0.750. The number of nitrogens with zero attached hydrogens (tertiary/aromatic N) is 2. The lowest BCUT2D eigenvalue weighted by atomic mass is 10.0. The van der Waals surface area contributed by atoms with Crippen LogP contribution in [0.25, 0.3) is 0 Å². The van der Waals surface area contributed by atoms with Crippen LogP contribution >= 0.6 is 23.6 Å². The number of anilines is 1. The van der Waals surface area contributed by atoms with Crippen molar-refractivity contribution >= 4 is 28.7 Å². The van der Waals surface area contributed by atoms with Gasteiger partial charge in [0.1, 0.15) is 0 Å². The van der Waals surface area contributed by atoms with Crippen molar-refractivity contribution in [3.63, 3.8) is 0 Å². The largest absolute Gasteiger partial charge is 0.345 e. The predicted molar refractivity (Wildman–Crippen MR) is 60.1 cm³/mol. The third-order valence-corrected chi connectivity index (χ3v) is 3.65. The second-order valence-electron chi connectivity index (χ2n) is 3.62. The minimum atomic E-state index is 0.132. The van der Waals surface area contributed by atoms with Gasteiger partial charge in [-0.1, -0.05) is 18.3 Å². The molecule has 0 saturated heterocycles. The molecule has 13 heavy (non-hydrogen) atoms. The number of hydrogen-bond donors (Lipinski definition) is 1. The zero-order valence-corrected chi connectivity index (χ0v) is 10.1. The molecule has 0 radical (unpaired) electrons. The molecule has 1 rings (SSSR count). The van der Waals surface area contributed by atoms with Gasteiger partial charge in [-0.25, -0.2) is 0 Å². The Bertz CT molecular complexity index is 326. The first-order valence-electron chi connectivity index (χ1n) is 4.26. The first-order valence-corrected chi connectivity index (χ1v) is 5.49. The molecule has 0 atom stereocenters. The number of hydrogen-bond acceptors (Lipinski definition) is 4. The smallest absolute Gasteiger partial charge is 0.207 e. The van der Waals surface area contributed by atoms with Gasteiger partial charge in [-0.3, -0.25) is 5.10 Å². The molecule has 1 aromatic heterocycles. The number of aromatic nitrogens is 2. The lowest BCUT2D eigenvalue weighted by Gasteiger charge is -2.34. The fourth-order valence-electron chi connectivity index (χ4n) is 0.862. The highest BCUT2D eigenvalue weighted by Crippen LogP contribution is 2.25. The van der Waals surface area contributed by atoms with Crippen molar-refractivity contribution in [1.82, 2.24) is 10.2 Å². The lowest BCUT2D eigenvalue weighted by Crippen LogP contribution is -2.40. The molecule has 74 valence electrons. The predicted octanol–water partition coefficient (Wildman–Crippen LogP) is 2.83. The van der Waals surface area contributed by atoms with E-state index >= 15 is 0 Å². The second-order valence-corrected chi connectivity index (χ2v) is 5.26. The maximum atomic E-state index is 4.99. The molecular weight excluding hydrogens is 202 g/mol. The third kappa shape index (κ3) is 2.28. The van der Waals surface area contributed by atoms with Crippen LogP contribution in [0.2, 0.25) is 0 Å². The Labute approximate surface area is 87.8 Å². The third-order valence-electron chi connectivity index (χ3n) is 2.49. The van der Waals surface area contributed by atoms with E-state index in [9.17, 15) is 0 Å². The Kier molecular flexibility index (Phi) is 3.08. The molecule has 3 nitrogen and oxygen atoms in total. The molecule has 0 amide bonds. The minimum absolute atomic E-state index is 0.132. The topological polar surface area (TPSA) is 31.9 Å². The Morgan fingerprint density at radius 3 is 2.62 bits per heavy atom. The molecule has 0 saturated carbocycles. The van der Waals surface area contributed by atoms with E-state index in [0.717, 1.165) is 15.5 Å². The summed E-state index contributed by atoms with van der Waals surface area (Å²) in [6, 6.07) is 0. The number of H-pyrrole nitrogens is 1. The van der Waals surface area contributed by atoms with E-state index in [-0.39, 0.29) is 5.54 Å². The van der Waals surface area contributed by atoms with Crippen molar-refractivity contribution in [1.29, 1.82) is 0 Å². The van der Waals surface area contributed by atoms with Crippen LogP contribution in [0.1, 0.15) is 27.2 Å². The van der Waals surface area contributed by atoms with Gasteiger partial charge in [0.25, 0.3) is 0 Å². The van der Waals surface area contributed by atoms with Crippen molar-refractivity contribution in [3.05, 3.63) is 3.95 Å². The van der Waals surface area contributed by atoms with Crippen molar-refractivity contribution in [2.45, 2.75) is 32.7 Å². The van der Waals surface area contributed by atoms with Crippen molar-refractivity contribution in [2.75, 3.05) is 11.9 Å². The fourth-order valence-corrected chi connectivity index (χ4v) is 1.86. The summed E-state index contributed by atoms with van der Waals surface area (Å²) < 4.78 is 0.730. The van der Waals surface area contributed by atoms with E-state index in [1.54, 1.807) is 0 Å². The van der Waals surface area contributed by atoms with Gasteiger partial charge in [-0.2, -0.15) is 0 Å². The number of nitrogens with one attached hydrogen (secondary N) is 1. The molecule has 1 aromatic rings. The maximum Gasteiger partial charge on any atom is 0.207 e. The average molecular weight is 217 g/mol. The van der Waals surface area contributed by atoms with E-state index in [2.05, 4.69) is 35.9 Å². The van der Waals surface area contributed by atoms with Gasteiger partial charge in [0, 0.05) is 12.6 Å². The normalized spacial score (nSPS) is 11.7. The molecule has 0 aliphatic carbocycles. The van der Waals surface area contributed by atoms with Crippen LogP contribution in [0.5, 0.6) is 0 Å². The average Bonchev–Trinajstić information content (AvgIpc) is 2.50. The molecule has 5 heteroatoms. The van der Waals surface area contributed by atoms with Crippen LogP contribution in [0, 0.1) is 3.95 Å². The van der Waals surface area contributed by atoms with Crippen LogP contribution in [0.4, 0.5) is 5.13 Å². The SMILES string of the molecule is CCC(C)(C)N(C)c1n[nH]c(=S)s1. The summed E-state index contributed by atoms with van der Waals surface area (Å²) in [6.45, 7) is 6.55. The molecule has 0 aliphatic rings. The summed E-state index contributed by atoms with van der Waals surface area (Å²) in [5, 5.41) is 7.89. The molecule has 1 N–H and O–H groups in total. The van der Waals surface area contributed by atoms with E-state index in [0.29, 0.717) is 0 Å². The van der Waals surface area contributed by atoms with Gasteiger partial charge in [-0.05, 0) is 32.5 Å². The zero-order valence-electron chi connectivity index (χ0n) is 8.42. The molecule has 0 aliphatic heterocycles. The molecule has 1 heterocycles. The van der Waals surface area contributed by atoms with Crippen molar-refractivity contribution in [3.8, 4) is 0 Å². The highest BCUT2D eigenvalue weighted by molar-refractivity contribution is 7.73. The van der Waals surface area contributed by atoms with E-state index in [1.165, 1.54) is 11.3 Å². The summed E-state index contributed by atoms with van der Waals surface area (Å²) >= 11 is 6.50.